The molecule has 0 aliphatic rings. The van der Waals surface area contributed by atoms with Gasteiger partial charge in [0, 0.05) is 13.1 Å². The third-order valence-corrected chi connectivity index (χ3v) is 3.14. The summed E-state index contributed by atoms with van der Waals surface area (Å²) in [5.41, 5.74) is 4.68. The summed E-state index contributed by atoms with van der Waals surface area (Å²) in [6.45, 7) is 7.32. The zero-order valence-electron chi connectivity index (χ0n) is 14.4. The summed E-state index contributed by atoms with van der Waals surface area (Å²) in [7, 11) is 1.64. The average molecular weight is 329 g/mol. The first-order valence-electron chi connectivity index (χ1n) is 7.84. The molecule has 0 amide bonds. The second kappa shape index (κ2) is 8.66. The van der Waals surface area contributed by atoms with Crippen LogP contribution in [-0.2, 0) is 0 Å². The predicted molar refractivity (Wildman–Crippen MR) is 97.0 cm³/mol. The van der Waals surface area contributed by atoms with Crippen molar-refractivity contribution in [2.45, 2.75) is 20.8 Å². The first-order chi connectivity index (χ1) is 11.7. The first-order valence-corrected chi connectivity index (χ1v) is 7.84. The zero-order valence-corrected chi connectivity index (χ0v) is 14.4. The van der Waals surface area contributed by atoms with E-state index in [1.54, 1.807) is 7.11 Å². The molecule has 0 saturated carbocycles. The van der Waals surface area contributed by atoms with Crippen molar-refractivity contribution in [1.82, 2.24) is 15.0 Å². The van der Waals surface area contributed by atoms with E-state index in [0.29, 0.717) is 17.8 Å². The van der Waals surface area contributed by atoms with E-state index in [2.05, 4.69) is 36.1 Å². The van der Waals surface area contributed by atoms with Crippen LogP contribution in [0, 0.1) is 0 Å². The number of rotatable bonds is 8. The van der Waals surface area contributed by atoms with Crippen molar-refractivity contribution in [2.75, 3.05) is 36.3 Å². The fourth-order valence-electron chi connectivity index (χ4n) is 1.93. The predicted octanol–water partition coefficient (Wildman–Crippen LogP) is 2.58. The van der Waals surface area contributed by atoms with Gasteiger partial charge in [-0.05, 0) is 50.6 Å². The minimum Gasteiger partial charge on any atom is -0.497 e. The van der Waals surface area contributed by atoms with Gasteiger partial charge in [-0.15, -0.1) is 0 Å². The van der Waals surface area contributed by atoms with E-state index in [1.165, 1.54) is 0 Å². The van der Waals surface area contributed by atoms with Gasteiger partial charge in [-0.1, -0.05) is 0 Å². The van der Waals surface area contributed by atoms with Crippen molar-refractivity contribution in [3.8, 4) is 5.75 Å². The van der Waals surface area contributed by atoms with Gasteiger partial charge in [-0.2, -0.15) is 20.1 Å². The van der Waals surface area contributed by atoms with Crippen LogP contribution in [0.1, 0.15) is 26.3 Å². The van der Waals surface area contributed by atoms with Crippen molar-refractivity contribution in [2.24, 2.45) is 5.10 Å². The zero-order chi connectivity index (χ0) is 17.4. The Bertz CT molecular complexity index is 661. The van der Waals surface area contributed by atoms with E-state index in [1.807, 2.05) is 45.0 Å². The number of hydrogen-bond donors (Lipinski definition) is 3. The van der Waals surface area contributed by atoms with Crippen LogP contribution in [-0.4, -0.2) is 40.9 Å². The summed E-state index contributed by atoms with van der Waals surface area (Å²) >= 11 is 0. The molecule has 2 rings (SSSR count). The van der Waals surface area contributed by atoms with Crippen LogP contribution in [0.3, 0.4) is 0 Å². The molecule has 0 bridgehead atoms. The molecule has 8 heteroatoms. The number of nitrogens with one attached hydrogen (secondary N) is 3. The quantitative estimate of drug-likeness (QED) is 0.506. The molecule has 1 aromatic heterocycles. The number of hydrazone groups is 1. The van der Waals surface area contributed by atoms with Gasteiger partial charge in [0.05, 0.1) is 12.8 Å². The molecule has 3 N–H and O–H groups in total. The fourth-order valence-corrected chi connectivity index (χ4v) is 1.93. The third kappa shape index (κ3) is 4.80. The van der Waals surface area contributed by atoms with E-state index < -0.39 is 0 Å². The van der Waals surface area contributed by atoms with Crippen molar-refractivity contribution in [1.29, 1.82) is 0 Å². The van der Waals surface area contributed by atoms with Gasteiger partial charge >= 0.3 is 0 Å². The molecule has 24 heavy (non-hydrogen) atoms. The largest absolute Gasteiger partial charge is 0.497 e. The lowest BCUT2D eigenvalue weighted by molar-refractivity contribution is 0.415. The van der Waals surface area contributed by atoms with Crippen LogP contribution >= 0.6 is 0 Å². The Morgan fingerprint density at radius 3 is 2.00 bits per heavy atom. The Balaban J connectivity index is 2.15. The number of anilines is 3. The smallest absolute Gasteiger partial charge is 0.250 e. The highest BCUT2D eigenvalue weighted by Crippen LogP contribution is 2.13. The van der Waals surface area contributed by atoms with E-state index in [0.717, 1.165) is 30.1 Å². The topological polar surface area (TPSA) is 96.4 Å². The third-order valence-electron chi connectivity index (χ3n) is 3.14. The molecular formula is C16H23N7O. The maximum Gasteiger partial charge on any atom is 0.250 e. The van der Waals surface area contributed by atoms with Crippen LogP contribution < -0.4 is 20.8 Å². The van der Waals surface area contributed by atoms with Crippen molar-refractivity contribution < 1.29 is 4.74 Å². The molecule has 0 spiro atoms. The number of ether oxygens (including phenoxy) is 1. The number of nitrogens with zero attached hydrogens (tertiary/aromatic N) is 4. The van der Waals surface area contributed by atoms with Gasteiger partial charge in [-0.25, -0.2) is 5.43 Å². The highest BCUT2D eigenvalue weighted by molar-refractivity contribution is 5.99. The second-order valence-electron chi connectivity index (χ2n) is 4.90. The number of aromatic nitrogens is 3. The van der Waals surface area contributed by atoms with Crippen LogP contribution in [0.25, 0.3) is 0 Å². The Kier molecular flexibility index (Phi) is 6.30. The van der Waals surface area contributed by atoms with Crippen molar-refractivity contribution in [3.63, 3.8) is 0 Å². The normalized spacial score (nSPS) is 11.1. The van der Waals surface area contributed by atoms with E-state index in [-0.39, 0.29) is 0 Å². The van der Waals surface area contributed by atoms with Gasteiger partial charge < -0.3 is 15.4 Å². The monoisotopic (exact) mass is 329 g/mol. The maximum atomic E-state index is 5.15. The van der Waals surface area contributed by atoms with Crippen LogP contribution in [0.5, 0.6) is 5.75 Å². The van der Waals surface area contributed by atoms with Crippen LogP contribution in [0.15, 0.2) is 29.4 Å². The van der Waals surface area contributed by atoms with E-state index >= 15 is 0 Å². The van der Waals surface area contributed by atoms with E-state index in [4.69, 9.17) is 4.74 Å². The van der Waals surface area contributed by atoms with Gasteiger partial charge in [0.25, 0.3) is 0 Å². The first kappa shape index (κ1) is 17.5. The Morgan fingerprint density at radius 1 is 0.958 bits per heavy atom. The molecule has 1 heterocycles. The molecular weight excluding hydrogens is 306 g/mol. The van der Waals surface area contributed by atoms with Gasteiger partial charge in [0.15, 0.2) is 0 Å². The second-order valence-corrected chi connectivity index (χ2v) is 4.90. The minimum absolute atomic E-state index is 0.379. The molecule has 128 valence electrons. The van der Waals surface area contributed by atoms with Crippen LogP contribution in [0.2, 0.25) is 0 Å². The number of methoxy groups -OCH3 is 1. The Labute approximate surface area is 141 Å². The molecule has 0 aliphatic heterocycles. The molecule has 0 aliphatic carbocycles. The lowest BCUT2D eigenvalue weighted by Crippen LogP contribution is -2.11. The average Bonchev–Trinajstić information content (AvgIpc) is 2.60. The number of hydrogen-bond acceptors (Lipinski definition) is 8. The summed E-state index contributed by atoms with van der Waals surface area (Å²) in [4.78, 5) is 12.8. The van der Waals surface area contributed by atoms with Crippen molar-refractivity contribution >= 4 is 23.6 Å². The number of benzene rings is 1. The van der Waals surface area contributed by atoms with Gasteiger partial charge in [0.2, 0.25) is 17.8 Å². The fraction of sp³-hybridized carbons (Fsp3) is 0.375. The van der Waals surface area contributed by atoms with Gasteiger partial charge in [0.1, 0.15) is 5.75 Å². The SMILES string of the molecule is CCNc1nc(NCC)nc(N/N=C(/C)c2ccc(OC)cc2)n1. The van der Waals surface area contributed by atoms with Gasteiger partial charge in [-0.3, -0.25) is 0 Å². The summed E-state index contributed by atoms with van der Waals surface area (Å²) in [6, 6.07) is 7.68. The molecule has 0 unspecified atom stereocenters. The Morgan fingerprint density at radius 2 is 1.50 bits per heavy atom. The molecule has 1 aromatic carbocycles. The van der Waals surface area contributed by atoms with E-state index in [9.17, 15) is 0 Å². The lowest BCUT2D eigenvalue weighted by Gasteiger charge is -2.08. The standard InChI is InChI=1S/C16H23N7O/c1-5-17-14-19-15(18-6-2)21-16(20-14)23-22-11(3)12-7-9-13(24-4)10-8-12/h7-10H,5-6H2,1-4H3,(H3,17,18,19,20,21,23)/b22-11-. The molecule has 0 fully saturated rings. The summed E-state index contributed by atoms with van der Waals surface area (Å²) in [5, 5.41) is 10.5. The highest BCUT2D eigenvalue weighted by Gasteiger charge is 2.05. The highest BCUT2D eigenvalue weighted by atomic mass is 16.5. The van der Waals surface area contributed by atoms with Crippen LogP contribution in [0.4, 0.5) is 17.8 Å². The van der Waals surface area contributed by atoms with Crippen molar-refractivity contribution in [3.05, 3.63) is 29.8 Å². The summed E-state index contributed by atoms with van der Waals surface area (Å²) < 4.78 is 5.15. The summed E-state index contributed by atoms with van der Waals surface area (Å²) in [5.74, 6) is 2.19. The molecule has 2 aromatic rings. The maximum absolute atomic E-state index is 5.15. The molecule has 0 radical (unpaired) electrons. The molecule has 0 atom stereocenters. The lowest BCUT2D eigenvalue weighted by atomic mass is 10.1. The molecule has 8 nitrogen and oxygen atoms in total. The molecule has 0 saturated heterocycles. The minimum atomic E-state index is 0.379. The summed E-state index contributed by atoms with van der Waals surface area (Å²) in [6.07, 6.45) is 0. The Hall–Kier alpha value is -2.90.